The highest BCUT2D eigenvalue weighted by Crippen LogP contribution is 2.24. The van der Waals surface area contributed by atoms with E-state index in [9.17, 15) is 10.1 Å². The molecule has 0 bridgehead atoms. The summed E-state index contributed by atoms with van der Waals surface area (Å²) >= 11 is 0. The van der Waals surface area contributed by atoms with Gasteiger partial charge in [0.25, 0.3) is 5.69 Å². The number of hydrogen-bond donors (Lipinski definition) is 1. The van der Waals surface area contributed by atoms with E-state index in [1.807, 2.05) is 13.8 Å². The molecule has 0 spiro atoms. The van der Waals surface area contributed by atoms with Crippen LogP contribution in [0.25, 0.3) is 0 Å². The molecule has 0 radical (unpaired) electrons. The summed E-state index contributed by atoms with van der Waals surface area (Å²) in [5.74, 6) is 1.92. The first-order valence-electron chi connectivity index (χ1n) is 6.48. The summed E-state index contributed by atoms with van der Waals surface area (Å²) in [6.45, 7) is 4.15. The highest BCUT2D eigenvalue weighted by Gasteiger charge is 2.14. The molecule has 1 aromatic heterocycles. The molecule has 7 nitrogen and oxygen atoms in total. The van der Waals surface area contributed by atoms with Gasteiger partial charge in [0, 0.05) is 24.2 Å². The Balaban J connectivity index is 2.11. The third kappa shape index (κ3) is 3.57. The zero-order valence-electron chi connectivity index (χ0n) is 12.1. The average molecular weight is 291 g/mol. The Kier molecular flexibility index (Phi) is 4.54. The molecule has 0 saturated heterocycles. The molecular formula is C14H17N3O4. The number of non-ortho nitro benzene ring substituents is 1. The van der Waals surface area contributed by atoms with E-state index in [1.54, 1.807) is 12.3 Å². The first-order valence-corrected chi connectivity index (χ1v) is 6.48. The number of nitrogens with zero attached hydrogens (tertiary/aromatic N) is 2. The topological polar surface area (TPSA) is 90.4 Å². The molecule has 7 heteroatoms. The average Bonchev–Trinajstić information content (AvgIpc) is 2.91. The molecule has 0 saturated carbocycles. The first kappa shape index (κ1) is 15.0. The van der Waals surface area contributed by atoms with Crippen LogP contribution >= 0.6 is 0 Å². The lowest BCUT2D eigenvalue weighted by Gasteiger charge is -2.12. The molecule has 0 aliphatic rings. The second-order valence-corrected chi connectivity index (χ2v) is 4.66. The smallest absolute Gasteiger partial charge is 0.270 e. The fraction of sp³-hybridized carbons (Fsp3) is 0.357. The van der Waals surface area contributed by atoms with Crippen molar-refractivity contribution in [2.24, 2.45) is 0 Å². The summed E-state index contributed by atoms with van der Waals surface area (Å²) in [6, 6.07) is 4.40. The molecule has 1 atom stereocenters. The fourth-order valence-corrected chi connectivity index (χ4v) is 1.94. The zero-order valence-corrected chi connectivity index (χ0v) is 12.1. The Bertz CT molecular complexity index is 639. The van der Waals surface area contributed by atoms with Crippen LogP contribution in [0.5, 0.6) is 5.75 Å². The SMILES string of the molecule is COc1ccc([N+](=O)[O-])cc1CNC(C)c1ncc(C)o1. The number of aryl methyl sites for hydroxylation is 1. The van der Waals surface area contributed by atoms with Crippen LogP contribution < -0.4 is 10.1 Å². The quantitative estimate of drug-likeness (QED) is 0.650. The molecule has 2 rings (SSSR count). The number of benzene rings is 1. The van der Waals surface area contributed by atoms with E-state index in [-0.39, 0.29) is 11.7 Å². The third-order valence-corrected chi connectivity index (χ3v) is 3.08. The molecule has 0 aliphatic heterocycles. The lowest BCUT2D eigenvalue weighted by Crippen LogP contribution is -2.18. The Labute approximate surface area is 122 Å². The number of nitrogens with one attached hydrogen (secondary N) is 1. The van der Waals surface area contributed by atoms with Crippen LogP contribution in [-0.4, -0.2) is 17.0 Å². The minimum Gasteiger partial charge on any atom is -0.496 e. The predicted molar refractivity (Wildman–Crippen MR) is 76.1 cm³/mol. The number of nitro groups is 1. The normalized spacial score (nSPS) is 12.1. The van der Waals surface area contributed by atoms with Gasteiger partial charge in [-0.25, -0.2) is 4.98 Å². The molecule has 0 fully saturated rings. The van der Waals surface area contributed by atoms with Gasteiger partial charge in [-0.05, 0) is 19.9 Å². The van der Waals surface area contributed by atoms with Gasteiger partial charge in [-0.1, -0.05) is 0 Å². The molecule has 1 unspecified atom stereocenters. The highest BCUT2D eigenvalue weighted by atomic mass is 16.6. The standard InChI is InChI=1S/C14H17N3O4/c1-9-7-16-14(21-9)10(2)15-8-11-6-12(17(18)19)4-5-13(11)20-3/h4-7,10,15H,8H2,1-3H3. The highest BCUT2D eigenvalue weighted by molar-refractivity contribution is 5.43. The van der Waals surface area contributed by atoms with Gasteiger partial charge in [0.2, 0.25) is 5.89 Å². The minimum atomic E-state index is -0.427. The minimum absolute atomic E-state index is 0.0345. The maximum Gasteiger partial charge on any atom is 0.270 e. The Morgan fingerprint density at radius 3 is 2.86 bits per heavy atom. The predicted octanol–water partition coefficient (Wildman–Crippen LogP) is 2.75. The summed E-state index contributed by atoms with van der Waals surface area (Å²) in [5, 5.41) is 14.0. The van der Waals surface area contributed by atoms with Crippen LogP contribution in [0.2, 0.25) is 0 Å². The Morgan fingerprint density at radius 1 is 1.52 bits per heavy atom. The molecule has 0 aliphatic carbocycles. The van der Waals surface area contributed by atoms with Gasteiger partial charge >= 0.3 is 0 Å². The summed E-state index contributed by atoms with van der Waals surface area (Å²) in [5.41, 5.74) is 0.744. The van der Waals surface area contributed by atoms with Gasteiger partial charge in [-0.2, -0.15) is 0 Å². The second kappa shape index (κ2) is 6.36. The van der Waals surface area contributed by atoms with Crippen molar-refractivity contribution in [1.29, 1.82) is 0 Å². The number of oxazole rings is 1. The maximum atomic E-state index is 10.8. The lowest BCUT2D eigenvalue weighted by atomic mass is 10.1. The van der Waals surface area contributed by atoms with E-state index in [4.69, 9.17) is 9.15 Å². The van der Waals surface area contributed by atoms with Crippen LogP contribution in [0.15, 0.2) is 28.8 Å². The maximum absolute atomic E-state index is 10.8. The number of nitro benzene ring substituents is 1. The van der Waals surface area contributed by atoms with Crippen LogP contribution in [0.1, 0.15) is 30.2 Å². The van der Waals surface area contributed by atoms with E-state index >= 15 is 0 Å². The molecule has 1 aromatic carbocycles. The van der Waals surface area contributed by atoms with Crippen LogP contribution in [0, 0.1) is 17.0 Å². The van der Waals surface area contributed by atoms with Gasteiger partial charge in [0.05, 0.1) is 24.3 Å². The molecule has 2 aromatic rings. The summed E-state index contributed by atoms with van der Waals surface area (Å²) in [7, 11) is 1.53. The van der Waals surface area contributed by atoms with E-state index in [2.05, 4.69) is 10.3 Å². The van der Waals surface area contributed by atoms with Gasteiger partial charge < -0.3 is 14.5 Å². The summed E-state index contributed by atoms with van der Waals surface area (Å²) in [4.78, 5) is 14.6. The van der Waals surface area contributed by atoms with Crippen molar-refractivity contribution in [3.05, 3.63) is 51.7 Å². The third-order valence-electron chi connectivity index (χ3n) is 3.08. The van der Waals surface area contributed by atoms with Crippen molar-refractivity contribution in [2.75, 3.05) is 7.11 Å². The van der Waals surface area contributed by atoms with Crippen LogP contribution in [0.3, 0.4) is 0 Å². The molecule has 1 N–H and O–H groups in total. The van der Waals surface area contributed by atoms with E-state index < -0.39 is 4.92 Å². The van der Waals surface area contributed by atoms with Crippen molar-refractivity contribution in [3.8, 4) is 5.75 Å². The van der Waals surface area contributed by atoms with Crippen molar-refractivity contribution in [2.45, 2.75) is 26.4 Å². The van der Waals surface area contributed by atoms with Crippen LogP contribution in [0.4, 0.5) is 5.69 Å². The van der Waals surface area contributed by atoms with E-state index in [0.717, 1.165) is 5.76 Å². The van der Waals surface area contributed by atoms with Gasteiger partial charge in [-0.15, -0.1) is 0 Å². The Hall–Kier alpha value is -2.41. The zero-order chi connectivity index (χ0) is 15.4. The summed E-state index contributed by atoms with van der Waals surface area (Å²) in [6.07, 6.45) is 1.65. The number of hydrogen-bond acceptors (Lipinski definition) is 6. The lowest BCUT2D eigenvalue weighted by molar-refractivity contribution is -0.384. The van der Waals surface area contributed by atoms with Gasteiger partial charge in [0.1, 0.15) is 11.5 Å². The first-order chi connectivity index (χ1) is 10.0. The van der Waals surface area contributed by atoms with Crippen molar-refractivity contribution in [3.63, 3.8) is 0 Å². The van der Waals surface area contributed by atoms with Gasteiger partial charge in [-0.3, -0.25) is 10.1 Å². The number of methoxy groups -OCH3 is 1. The van der Waals surface area contributed by atoms with Crippen LogP contribution in [-0.2, 0) is 6.54 Å². The Morgan fingerprint density at radius 2 is 2.29 bits per heavy atom. The fourth-order valence-electron chi connectivity index (χ4n) is 1.94. The van der Waals surface area contributed by atoms with E-state index in [0.29, 0.717) is 23.7 Å². The van der Waals surface area contributed by atoms with Crippen molar-refractivity contribution in [1.82, 2.24) is 10.3 Å². The number of ether oxygens (including phenoxy) is 1. The molecule has 112 valence electrons. The largest absolute Gasteiger partial charge is 0.496 e. The molecular weight excluding hydrogens is 274 g/mol. The monoisotopic (exact) mass is 291 g/mol. The second-order valence-electron chi connectivity index (χ2n) is 4.66. The van der Waals surface area contributed by atoms with Crippen molar-refractivity contribution < 1.29 is 14.1 Å². The van der Waals surface area contributed by atoms with Gasteiger partial charge in [0.15, 0.2) is 0 Å². The molecule has 0 amide bonds. The molecule has 1 heterocycles. The molecule has 21 heavy (non-hydrogen) atoms. The number of rotatable bonds is 6. The van der Waals surface area contributed by atoms with Crippen molar-refractivity contribution >= 4 is 5.69 Å². The summed E-state index contributed by atoms with van der Waals surface area (Å²) < 4.78 is 10.7. The van der Waals surface area contributed by atoms with E-state index in [1.165, 1.54) is 19.2 Å². The number of aromatic nitrogens is 1.